The number of hydrogen-bond donors (Lipinski definition) is 1. The van der Waals surface area contributed by atoms with E-state index in [0.717, 1.165) is 73.9 Å². The minimum Gasteiger partial charge on any atom is -0.464 e. The molecule has 0 spiro atoms. The first-order chi connectivity index (χ1) is 15.9. The van der Waals surface area contributed by atoms with E-state index in [4.69, 9.17) is 4.74 Å². The lowest BCUT2D eigenvalue weighted by atomic mass is 9.84. The van der Waals surface area contributed by atoms with Gasteiger partial charge in [0.25, 0.3) is 11.6 Å². The van der Waals surface area contributed by atoms with E-state index in [1.165, 1.54) is 34.0 Å². The molecule has 1 N–H and O–H groups in total. The van der Waals surface area contributed by atoms with Crippen LogP contribution < -0.4 is 10.1 Å². The van der Waals surface area contributed by atoms with Crippen molar-refractivity contribution in [1.29, 1.82) is 0 Å². The van der Waals surface area contributed by atoms with Crippen LogP contribution in [0.4, 0.5) is 8.78 Å². The highest BCUT2D eigenvalue weighted by atomic mass is 32.1. The molecule has 1 fully saturated rings. The van der Waals surface area contributed by atoms with Gasteiger partial charge in [-0.3, -0.25) is 4.79 Å². The minimum absolute atomic E-state index is 0.0445. The van der Waals surface area contributed by atoms with Crippen LogP contribution in [0.5, 0.6) is 5.19 Å². The van der Waals surface area contributed by atoms with E-state index in [2.05, 4.69) is 25.4 Å². The molecule has 0 saturated heterocycles. The van der Waals surface area contributed by atoms with Gasteiger partial charge >= 0.3 is 0 Å². The largest absolute Gasteiger partial charge is 0.464 e. The van der Waals surface area contributed by atoms with E-state index in [0.29, 0.717) is 17.5 Å². The molecule has 1 aliphatic heterocycles. The van der Waals surface area contributed by atoms with E-state index in [1.54, 1.807) is 0 Å². The van der Waals surface area contributed by atoms with Crippen LogP contribution in [0.3, 0.4) is 0 Å². The minimum atomic E-state index is -2.47. The molecule has 1 saturated carbocycles. The number of thiazole rings is 1. The summed E-state index contributed by atoms with van der Waals surface area (Å²) in [4.78, 5) is 20.4. The van der Waals surface area contributed by atoms with Crippen molar-refractivity contribution in [2.24, 2.45) is 5.92 Å². The molecule has 1 amide bonds. The van der Waals surface area contributed by atoms with Gasteiger partial charge in [-0.2, -0.15) is 0 Å². The summed E-state index contributed by atoms with van der Waals surface area (Å²) in [5.74, 6) is 0.747. The number of aryl methyl sites for hydroxylation is 1. The third-order valence-corrected chi connectivity index (χ3v) is 8.27. The molecule has 2 aliphatic rings. The molecule has 7 nitrogen and oxygen atoms in total. The van der Waals surface area contributed by atoms with Crippen molar-refractivity contribution < 1.29 is 18.3 Å². The second-order valence-electron chi connectivity index (χ2n) is 8.86. The maximum absolute atomic E-state index is 12.3. The summed E-state index contributed by atoms with van der Waals surface area (Å²) in [6, 6.07) is 0.268. The second-order valence-corrected chi connectivity index (χ2v) is 11.2. The number of carbonyl (C=O) groups is 1. The van der Waals surface area contributed by atoms with E-state index in [9.17, 15) is 13.6 Å². The van der Waals surface area contributed by atoms with Crippen LogP contribution in [0.1, 0.15) is 52.7 Å². The number of carbonyl (C=O) groups excluding carboxylic acids is 1. The predicted octanol–water partition coefficient (Wildman–Crippen LogP) is 3.66. The first-order valence-corrected chi connectivity index (χ1v) is 13.3. The highest BCUT2D eigenvalue weighted by Crippen LogP contribution is 2.30. The number of halogens is 2. The highest BCUT2D eigenvalue weighted by Gasteiger charge is 2.24. The monoisotopic (exact) mass is 499 g/mol. The molecule has 33 heavy (non-hydrogen) atoms. The fraction of sp³-hybridized carbons (Fsp3) is 0.727. The molecule has 182 valence electrons. The van der Waals surface area contributed by atoms with Crippen LogP contribution in [-0.4, -0.2) is 64.7 Å². The van der Waals surface area contributed by atoms with Gasteiger partial charge < -0.3 is 15.0 Å². The summed E-state index contributed by atoms with van der Waals surface area (Å²) >= 11 is 2.89. The van der Waals surface area contributed by atoms with E-state index >= 15 is 0 Å². The average molecular weight is 500 g/mol. The van der Waals surface area contributed by atoms with Crippen molar-refractivity contribution in [2.75, 3.05) is 26.2 Å². The van der Waals surface area contributed by atoms with Gasteiger partial charge in [0.05, 0.1) is 12.1 Å². The molecule has 2 aromatic rings. The summed E-state index contributed by atoms with van der Waals surface area (Å²) in [6.45, 7) is 4.30. The van der Waals surface area contributed by atoms with Crippen molar-refractivity contribution in [3.8, 4) is 5.19 Å². The van der Waals surface area contributed by atoms with Gasteiger partial charge in [-0.25, -0.2) is 13.8 Å². The van der Waals surface area contributed by atoms with Crippen LogP contribution in [0.2, 0.25) is 0 Å². The number of fused-ring (bicyclic) bond motifs is 1. The zero-order valence-corrected chi connectivity index (χ0v) is 20.5. The van der Waals surface area contributed by atoms with Crippen LogP contribution in [0, 0.1) is 12.8 Å². The van der Waals surface area contributed by atoms with Crippen LogP contribution >= 0.6 is 22.7 Å². The Balaban J connectivity index is 1.13. The lowest BCUT2D eigenvalue weighted by Gasteiger charge is -2.30. The summed E-state index contributed by atoms with van der Waals surface area (Å²) in [5.41, 5.74) is 1.01. The van der Waals surface area contributed by atoms with Gasteiger partial charge in [0.2, 0.25) is 5.91 Å². The van der Waals surface area contributed by atoms with Gasteiger partial charge in [0.15, 0.2) is 6.61 Å². The number of hydrogen-bond acceptors (Lipinski definition) is 8. The standard InChI is InChI=1S/C22H31F2N5O2S2/c1-14-27-28-21(32-14)12-20(30)25-16-4-2-15(3-5-16)6-9-29-10-7-17-18(8-11-29)33-22(26-17)31-13-19(23)24/h15-16,19H,2-13H2,1H3,(H,25,30)/t15-,16-. The summed E-state index contributed by atoms with van der Waals surface area (Å²) in [7, 11) is 0. The first-order valence-electron chi connectivity index (χ1n) is 11.6. The Morgan fingerprint density at radius 2 is 1.97 bits per heavy atom. The van der Waals surface area contributed by atoms with Gasteiger partial charge in [0, 0.05) is 30.4 Å². The Bertz CT molecular complexity index is 889. The summed E-state index contributed by atoms with van der Waals surface area (Å²) in [5, 5.41) is 13.2. The number of nitrogens with zero attached hydrogens (tertiary/aromatic N) is 4. The molecular weight excluding hydrogens is 468 g/mol. The molecular formula is C22H31F2N5O2S2. The molecule has 0 radical (unpaired) electrons. The normalized spacial score (nSPS) is 21.6. The van der Waals surface area contributed by atoms with Crippen molar-refractivity contribution in [3.05, 3.63) is 20.6 Å². The molecule has 0 unspecified atom stereocenters. The van der Waals surface area contributed by atoms with Crippen molar-refractivity contribution >= 4 is 28.6 Å². The first kappa shape index (κ1) is 24.4. The lowest BCUT2D eigenvalue weighted by molar-refractivity contribution is -0.121. The van der Waals surface area contributed by atoms with Gasteiger partial charge in [0.1, 0.15) is 10.0 Å². The van der Waals surface area contributed by atoms with Crippen LogP contribution in [-0.2, 0) is 24.1 Å². The fourth-order valence-corrected chi connectivity index (χ4v) is 6.25. The van der Waals surface area contributed by atoms with E-state index in [-0.39, 0.29) is 11.9 Å². The van der Waals surface area contributed by atoms with Gasteiger partial charge in [-0.05, 0) is 57.9 Å². The van der Waals surface area contributed by atoms with Gasteiger partial charge in [-0.15, -0.1) is 21.5 Å². The zero-order valence-electron chi connectivity index (χ0n) is 18.9. The second kappa shape index (κ2) is 11.6. The van der Waals surface area contributed by atoms with Crippen molar-refractivity contribution in [2.45, 2.75) is 70.8 Å². The SMILES string of the molecule is Cc1nnc(CC(=O)N[C@H]2CC[C@H](CCN3CCc4nc(OCC(F)F)sc4CC3)CC2)s1. The molecule has 2 aromatic heterocycles. The van der Waals surface area contributed by atoms with Crippen LogP contribution in [0.25, 0.3) is 0 Å². The summed E-state index contributed by atoms with van der Waals surface area (Å²) < 4.78 is 29.8. The Labute approximate surface area is 201 Å². The Kier molecular flexibility index (Phi) is 8.59. The zero-order chi connectivity index (χ0) is 23.2. The van der Waals surface area contributed by atoms with Crippen LogP contribution in [0.15, 0.2) is 0 Å². The van der Waals surface area contributed by atoms with Crippen molar-refractivity contribution in [1.82, 2.24) is 25.4 Å². The third-order valence-electron chi connectivity index (χ3n) is 6.36. The molecule has 0 aromatic carbocycles. The lowest BCUT2D eigenvalue weighted by Crippen LogP contribution is -2.39. The quantitative estimate of drug-likeness (QED) is 0.567. The number of ether oxygens (including phenoxy) is 1. The van der Waals surface area contributed by atoms with Crippen molar-refractivity contribution in [3.63, 3.8) is 0 Å². The maximum Gasteiger partial charge on any atom is 0.273 e. The number of aromatic nitrogens is 3. The number of amides is 1. The van der Waals surface area contributed by atoms with E-state index in [1.807, 2.05) is 6.92 Å². The molecule has 4 rings (SSSR count). The Morgan fingerprint density at radius 1 is 1.18 bits per heavy atom. The smallest absolute Gasteiger partial charge is 0.273 e. The number of nitrogens with one attached hydrogen (secondary N) is 1. The number of alkyl halides is 2. The molecule has 11 heteroatoms. The topological polar surface area (TPSA) is 80.2 Å². The molecule has 1 aliphatic carbocycles. The van der Waals surface area contributed by atoms with Gasteiger partial charge in [-0.1, -0.05) is 11.3 Å². The third kappa shape index (κ3) is 7.38. The number of rotatable bonds is 9. The molecule has 3 heterocycles. The fourth-order valence-electron chi connectivity index (χ4n) is 4.59. The predicted molar refractivity (Wildman–Crippen MR) is 124 cm³/mol. The average Bonchev–Trinajstić information content (AvgIpc) is 3.32. The highest BCUT2D eigenvalue weighted by molar-refractivity contribution is 7.13. The Morgan fingerprint density at radius 3 is 2.70 bits per heavy atom. The summed E-state index contributed by atoms with van der Waals surface area (Å²) in [6.07, 6.45) is 5.14. The maximum atomic E-state index is 12.3. The Hall–Kier alpha value is -1.72. The van der Waals surface area contributed by atoms with E-state index < -0.39 is 13.0 Å². The molecule has 0 atom stereocenters. The molecule has 0 bridgehead atoms.